The third-order valence-corrected chi connectivity index (χ3v) is 3.81. The molecule has 1 heterocycles. The van der Waals surface area contributed by atoms with E-state index in [9.17, 15) is 21.6 Å². The van der Waals surface area contributed by atoms with Crippen LogP contribution in [-0.2, 0) is 10.2 Å². The Labute approximate surface area is 130 Å². The predicted molar refractivity (Wildman–Crippen MR) is 75.5 cm³/mol. The van der Waals surface area contributed by atoms with Gasteiger partial charge in [0.1, 0.15) is 18.4 Å². The van der Waals surface area contributed by atoms with Gasteiger partial charge < -0.3 is 0 Å². The van der Waals surface area contributed by atoms with E-state index in [1.165, 1.54) is 4.72 Å². The monoisotopic (exact) mass is 349 g/mol. The van der Waals surface area contributed by atoms with Crippen LogP contribution in [0.5, 0.6) is 0 Å². The molecule has 23 heavy (non-hydrogen) atoms. The summed E-state index contributed by atoms with van der Waals surface area (Å²) in [7, 11) is -4.41. The first-order valence-corrected chi connectivity index (χ1v) is 7.92. The van der Waals surface area contributed by atoms with Gasteiger partial charge in [-0.2, -0.15) is 36.1 Å². The molecule has 0 saturated carbocycles. The molecular weight excluding hydrogens is 335 g/mol. The molecule has 1 atom stereocenters. The summed E-state index contributed by atoms with van der Waals surface area (Å²) in [6.45, 7) is -0.0498. The maximum Gasteiger partial charge on any atom is 0.402 e. The maximum atomic E-state index is 12.2. The van der Waals surface area contributed by atoms with Crippen LogP contribution in [0.3, 0.4) is 0 Å². The summed E-state index contributed by atoms with van der Waals surface area (Å²) in [5.74, 6) is 0.550. The van der Waals surface area contributed by atoms with Crippen molar-refractivity contribution in [1.29, 1.82) is 0 Å². The second-order valence-electron chi connectivity index (χ2n) is 4.68. The summed E-state index contributed by atoms with van der Waals surface area (Å²) < 4.78 is 63.8. The van der Waals surface area contributed by atoms with Crippen LogP contribution in [-0.4, -0.2) is 36.3 Å². The summed E-state index contributed by atoms with van der Waals surface area (Å²) in [6.07, 6.45) is -4.65. The number of aromatic amines is 1. The van der Waals surface area contributed by atoms with E-state index in [1.54, 1.807) is 37.3 Å². The number of aryl methyl sites for hydroxylation is 1. The zero-order valence-electron chi connectivity index (χ0n) is 11.9. The first kappa shape index (κ1) is 17.4. The lowest BCUT2D eigenvalue weighted by atomic mass is 10.1. The highest BCUT2D eigenvalue weighted by Gasteiger charge is 2.31. The topological polar surface area (TPSA) is 99.8 Å². The molecule has 0 amide bonds. The van der Waals surface area contributed by atoms with E-state index in [0.717, 1.165) is 0 Å². The van der Waals surface area contributed by atoms with Crippen LogP contribution in [0, 0.1) is 6.92 Å². The minimum Gasteiger partial charge on any atom is -0.263 e. The van der Waals surface area contributed by atoms with Gasteiger partial charge in [-0.05, 0) is 12.5 Å². The third kappa shape index (κ3) is 5.30. The van der Waals surface area contributed by atoms with Crippen molar-refractivity contribution in [2.24, 2.45) is 0 Å². The smallest absolute Gasteiger partial charge is 0.263 e. The van der Waals surface area contributed by atoms with Crippen molar-refractivity contribution in [1.82, 2.24) is 24.6 Å². The standard InChI is InChI=1S/C12H14F3N5O2S/c1-8-17-11(19-18-8)10(9-5-3-2-4-6-9)20-23(21,22)16-7-12(13,14)15/h2-6,10,16,20H,7H2,1H3,(H,17,18,19)/t10-/m1/s1. The minimum atomic E-state index is -4.65. The molecule has 2 aromatic rings. The molecule has 0 unspecified atom stereocenters. The van der Waals surface area contributed by atoms with E-state index in [0.29, 0.717) is 11.4 Å². The summed E-state index contributed by atoms with van der Waals surface area (Å²) in [6, 6.07) is 7.26. The highest BCUT2D eigenvalue weighted by Crippen LogP contribution is 2.20. The van der Waals surface area contributed by atoms with Crippen molar-refractivity contribution in [3.05, 3.63) is 47.5 Å². The molecule has 0 radical (unpaired) electrons. The Hall–Kier alpha value is -1.98. The minimum absolute atomic E-state index is 0.103. The van der Waals surface area contributed by atoms with Crippen LogP contribution < -0.4 is 9.44 Å². The molecule has 7 nitrogen and oxygen atoms in total. The van der Waals surface area contributed by atoms with E-state index < -0.39 is 29.0 Å². The first-order chi connectivity index (χ1) is 10.7. The zero-order chi connectivity index (χ0) is 17.1. The lowest BCUT2D eigenvalue weighted by Gasteiger charge is -2.17. The number of alkyl halides is 3. The molecule has 0 aliphatic carbocycles. The summed E-state index contributed by atoms with van der Waals surface area (Å²) >= 11 is 0. The molecule has 126 valence electrons. The number of benzene rings is 1. The molecule has 11 heteroatoms. The zero-order valence-corrected chi connectivity index (χ0v) is 12.7. The van der Waals surface area contributed by atoms with Gasteiger partial charge in [-0.15, -0.1) is 0 Å². The molecule has 2 rings (SSSR count). The second-order valence-corrected chi connectivity index (χ2v) is 6.21. The second kappa shape index (κ2) is 6.64. The highest BCUT2D eigenvalue weighted by molar-refractivity contribution is 7.87. The van der Waals surface area contributed by atoms with Crippen molar-refractivity contribution in [3.63, 3.8) is 0 Å². The number of nitrogens with one attached hydrogen (secondary N) is 3. The van der Waals surface area contributed by atoms with Gasteiger partial charge in [0.15, 0.2) is 5.82 Å². The summed E-state index contributed by atoms with van der Waals surface area (Å²) in [5, 5.41) is 6.44. The summed E-state index contributed by atoms with van der Waals surface area (Å²) in [4.78, 5) is 4.04. The molecule has 0 aliphatic rings. The predicted octanol–water partition coefficient (Wildman–Crippen LogP) is 1.19. The largest absolute Gasteiger partial charge is 0.402 e. The van der Waals surface area contributed by atoms with Crippen LogP contribution in [0.2, 0.25) is 0 Å². The van der Waals surface area contributed by atoms with Gasteiger partial charge in [-0.1, -0.05) is 30.3 Å². The van der Waals surface area contributed by atoms with E-state index >= 15 is 0 Å². The van der Waals surface area contributed by atoms with Crippen molar-refractivity contribution in [2.75, 3.05) is 6.54 Å². The molecule has 0 spiro atoms. The van der Waals surface area contributed by atoms with Gasteiger partial charge in [0, 0.05) is 0 Å². The van der Waals surface area contributed by atoms with Gasteiger partial charge in [-0.3, -0.25) is 5.10 Å². The quantitative estimate of drug-likeness (QED) is 0.729. The van der Waals surface area contributed by atoms with Crippen molar-refractivity contribution < 1.29 is 21.6 Å². The van der Waals surface area contributed by atoms with Crippen LogP contribution in [0.15, 0.2) is 30.3 Å². The Morgan fingerprint density at radius 2 is 1.91 bits per heavy atom. The van der Waals surface area contributed by atoms with Gasteiger partial charge >= 0.3 is 6.18 Å². The molecule has 0 saturated heterocycles. The SMILES string of the molecule is Cc1nc([C@H](NS(=O)(=O)NCC(F)(F)F)c2ccccc2)n[nH]1. The van der Waals surface area contributed by atoms with Gasteiger partial charge in [0.2, 0.25) is 0 Å². The van der Waals surface area contributed by atoms with E-state index in [1.807, 2.05) is 0 Å². The van der Waals surface area contributed by atoms with Crippen LogP contribution in [0.1, 0.15) is 23.3 Å². The normalized spacial score (nSPS) is 13.9. The number of hydrogen-bond acceptors (Lipinski definition) is 4. The maximum absolute atomic E-state index is 12.2. The molecule has 3 N–H and O–H groups in total. The molecule has 0 fully saturated rings. The Morgan fingerprint density at radius 3 is 2.43 bits per heavy atom. The Morgan fingerprint density at radius 1 is 1.26 bits per heavy atom. The molecule has 0 aliphatic heterocycles. The Kier molecular flexibility index (Phi) is 5.02. The average molecular weight is 349 g/mol. The van der Waals surface area contributed by atoms with Gasteiger partial charge in [-0.25, -0.2) is 4.98 Å². The van der Waals surface area contributed by atoms with Crippen LogP contribution >= 0.6 is 0 Å². The molecular formula is C12H14F3N5O2S. The Balaban J connectivity index is 2.25. The fourth-order valence-electron chi connectivity index (χ4n) is 1.78. The lowest BCUT2D eigenvalue weighted by molar-refractivity contribution is -0.121. The fourth-order valence-corrected chi connectivity index (χ4v) is 2.77. The molecule has 0 bridgehead atoms. The van der Waals surface area contributed by atoms with E-state index in [-0.39, 0.29) is 5.82 Å². The first-order valence-electron chi connectivity index (χ1n) is 6.44. The number of halogens is 3. The molecule has 1 aromatic carbocycles. The number of nitrogens with zero attached hydrogens (tertiary/aromatic N) is 2. The molecule has 1 aromatic heterocycles. The number of hydrogen-bond donors (Lipinski definition) is 3. The van der Waals surface area contributed by atoms with E-state index in [2.05, 4.69) is 19.9 Å². The summed E-state index contributed by atoms with van der Waals surface area (Å²) in [5.41, 5.74) is 0.490. The van der Waals surface area contributed by atoms with Crippen molar-refractivity contribution >= 4 is 10.2 Å². The highest BCUT2D eigenvalue weighted by atomic mass is 32.2. The average Bonchev–Trinajstić information content (AvgIpc) is 2.90. The fraction of sp³-hybridized carbons (Fsp3) is 0.333. The third-order valence-electron chi connectivity index (χ3n) is 2.74. The Bertz CT molecular complexity index is 746. The van der Waals surface area contributed by atoms with Gasteiger partial charge in [0.25, 0.3) is 10.2 Å². The lowest BCUT2D eigenvalue weighted by Crippen LogP contribution is -2.43. The number of H-pyrrole nitrogens is 1. The van der Waals surface area contributed by atoms with Gasteiger partial charge in [0.05, 0.1) is 0 Å². The van der Waals surface area contributed by atoms with Crippen molar-refractivity contribution in [3.8, 4) is 0 Å². The van der Waals surface area contributed by atoms with Crippen molar-refractivity contribution in [2.45, 2.75) is 19.1 Å². The van der Waals surface area contributed by atoms with E-state index in [4.69, 9.17) is 0 Å². The van der Waals surface area contributed by atoms with Crippen LogP contribution in [0.4, 0.5) is 13.2 Å². The number of aromatic nitrogens is 3. The van der Waals surface area contributed by atoms with Crippen LogP contribution in [0.25, 0.3) is 0 Å². The number of rotatable bonds is 6.